The molecule has 1 aromatic rings. The van der Waals surface area contributed by atoms with Gasteiger partial charge in [-0.15, -0.1) is 0 Å². The van der Waals surface area contributed by atoms with E-state index in [0.29, 0.717) is 18.5 Å². The molecule has 1 heterocycles. The SMILES string of the molecule is Cc1ccc(C(CN)N(C)C(C)C(C)C)o1. The van der Waals surface area contributed by atoms with Gasteiger partial charge >= 0.3 is 0 Å². The average molecular weight is 224 g/mol. The first kappa shape index (κ1) is 13.3. The summed E-state index contributed by atoms with van der Waals surface area (Å²) in [6, 6.07) is 4.67. The molecule has 0 aliphatic rings. The average Bonchev–Trinajstić information content (AvgIpc) is 2.64. The number of likely N-dealkylation sites (N-methyl/N-ethyl adjacent to an activating group) is 1. The van der Waals surface area contributed by atoms with E-state index in [1.165, 1.54) is 0 Å². The molecule has 16 heavy (non-hydrogen) atoms. The van der Waals surface area contributed by atoms with Crippen molar-refractivity contribution in [2.75, 3.05) is 13.6 Å². The molecule has 0 aromatic carbocycles. The molecule has 3 nitrogen and oxygen atoms in total. The summed E-state index contributed by atoms with van der Waals surface area (Å²) in [7, 11) is 2.11. The first-order valence-corrected chi connectivity index (χ1v) is 5.95. The van der Waals surface area contributed by atoms with Gasteiger partial charge in [-0.25, -0.2) is 0 Å². The van der Waals surface area contributed by atoms with E-state index in [4.69, 9.17) is 10.2 Å². The fourth-order valence-corrected chi connectivity index (χ4v) is 1.87. The molecule has 2 unspecified atom stereocenters. The quantitative estimate of drug-likeness (QED) is 0.836. The first-order valence-electron chi connectivity index (χ1n) is 5.95. The van der Waals surface area contributed by atoms with Crippen LogP contribution in [0.2, 0.25) is 0 Å². The lowest BCUT2D eigenvalue weighted by molar-refractivity contribution is 0.135. The smallest absolute Gasteiger partial charge is 0.122 e. The predicted octanol–water partition coefficient (Wildman–Crippen LogP) is 2.56. The molecule has 0 aliphatic carbocycles. The summed E-state index contributed by atoms with van der Waals surface area (Å²) in [4.78, 5) is 2.29. The summed E-state index contributed by atoms with van der Waals surface area (Å²) >= 11 is 0. The summed E-state index contributed by atoms with van der Waals surface area (Å²) < 4.78 is 5.67. The third kappa shape index (κ3) is 2.86. The highest BCUT2D eigenvalue weighted by atomic mass is 16.3. The lowest BCUT2D eigenvalue weighted by Gasteiger charge is -2.33. The standard InChI is InChI=1S/C13H24N2O/c1-9(2)11(4)15(5)12(8-14)13-7-6-10(3)16-13/h6-7,9,11-12H,8,14H2,1-5H3. The molecule has 0 aliphatic heterocycles. The van der Waals surface area contributed by atoms with Gasteiger partial charge in [-0.1, -0.05) is 13.8 Å². The Morgan fingerprint density at radius 2 is 1.94 bits per heavy atom. The Morgan fingerprint density at radius 1 is 1.31 bits per heavy atom. The molecular formula is C13H24N2O. The Hall–Kier alpha value is -0.800. The van der Waals surface area contributed by atoms with E-state index in [1.807, 2.05) is 19.1 Å². The molecule has 2 N–H and O–H groups in total. The zero-order valence-corrected chi connectivity index (χ0v) is 11.0. The van der Waals surface area contributed by atoms with Crippen LogP contribution < -0.4 is 5.73 Å². The molecule has 0 bridgehead atoms. The van der Waals surface area contributed by atoms with Crippen molar-refractivity contribution in [3.63, 3.8) is 0 Å². The molecule has 0 spiro atoms. The zero-order chi connectivity index (χ0) is 12.3. The van der Waals surface area contributed by atoms with Gasteiger partial charge in [0.25, 0.3) is 0 Å². The predicted molar refractivity (Wildman–Crippen MR) is 67.3 cm³/mol. The van der Waals surface area contributed by atoms with E-state index in [1.54, 1.807) is 0 Å². The van der Waals surface area contributed by atoms with E-state index in [2.05, 4.69) is 32.7 Å². The molecule has 0 radical (unpaired) electrons. The van der Waals surface area contributed by atoms with Gasteiger partial charge in [-0.05, 0) is 38.9 Å². The zero-order valence-electron chi connectivity index (χ0n) is 11.0. The van der Waals surface area contributed by atoms with E-state index >= 15 is 0 Å². The molecule has 2 atom stereocenters. The van der Waals surface area contributed by atoms with Gasteiger partial charge in [0, 0.05) is 12.6 Å². The van der Waals surface area contributed by atoms with E-state index in [9.17, 15) is 0 Å². The summed E-state index contributed by atoms with van der Waals surface area (Å²) in [6.07, 6.45) is 0. The third-order valence-corrected chi connectivity index (χ3v) is 3.41. The van der Waals surface area contributed by atoms with Gasteiger partial charge in [0.15, 0.2) is 0 Å². The Bertz CT molecular complexity index is 319. The van der Waals surface area contributed by atoms with Crippen molar-refractivity contribution in [1.29, 1.82) is 0 Å². The number of hydrogen-bond acceptors (Lipinski definition) is 3. The van der Waals surface area contributed by atoms with Gasteiger partial charge in [0.2, 0.25) is 0 Å². The lowest BCUT2D eigenvalue weighted by Crippen LogP contribution is -2.39. The highest BCUT2D eigenvalue weighted by molar-refractivity contribution is 5.10. The van der Waals surface area contributed by atoms with Crippen LogP contribution in [-0.2, 0) is 0 Å². The molecule has 3 heteroatoms. The second-order valence-corrected chi connectivity index (χ2v) is 4.85. The maximum Gasteiger partial charge on any atom is 0.122 e. The molecule has 1 rings (SSSR count). The molecule has 0 saturated carbocycles. The van der Waals surface area contributed by atoms with Crippen LogP contribution in [0, 0.1) is 12.8 Å². The third-order valence-electron chi connectivity index (χ3n) is 3.41. The van der Waals surface area contributed by atoms with Crippen LogP contribution in [0.1, 0.15) is 38.3 Å². The molecule has 0 amide bonds. The van der Waals surface area contributed by atoms with Crippen molar-refractivity contribution < 1.29 is 4.42 Å². The Morgan fingerprint density at radius 3 is 2.31 bits per heavy atom. The van der Waals surface area contributed by atoms with Gasteiger partial charge in [0.1, 0.15) is 11.5 Å². The summed E-state index contributed by atoms with van der Waals surface area (Å²) in [5.74, 6) is 2.52. The minimum Gasteiger partial charge on any atom is -0.465 e. The van der Waals surface area contributed by atoms with Crippen molar-refractivity contribution in [3.8, 4) is 0 Å². The Labute approximate surface area is 98.6 Å². The van der Waals surface area contributed by atoms with Crippen molar-refractivity contribution >= 4 is 0 Å². The normalized spacial score (nSPS) is 15.8. The maximum atomic E-state index is 5.85. The fraction of sp³-hybridized carbons (Fsp3) is 0.692. The number of aryl methyl sites for hydroxylation is 1. The number of furan rings is 1. The highest BCUT2D eigenvalue weighted by Crippen LogP contribution is 2.24. The van der Waals surface area contributed by atoms with E-state index in [0.717, 1.165) is 11.5 Å². The van der Waals surface area contributed by atoms with Crippen molar-refractivity contribution in [2.45, 2.75) is 39.8 Å². The Kier molecular flexibility index (Phi) is 4.56. The Balaban J connectivity index is 2.82. The van der Waals surface area contributed by atoms with Crippen molar-refractivity contribution in [1.82, 2.24) is 4.90 Å². The number of hydrogen-bond donors (Lipinski definition) is 1. The van der Waals surface area contributed by atoms with Crippen molar-refractivity contribution in [2.24, 2.45) is 11.7 Å². The van der Waals surface area contributed by atoms with Crippen molar-refractivity contribution in [3.05, 3.63) is 23.7 Å². The monoisotopic (exact) mass is 224 g/mol. The molecule has 92 valence electrons. The minimum atomic E-state index is 0.172. The van der Waals surface area contributed by atoms with E-state index in [-0.39, 0.29) is 6.04 Å². The van der Waals surface area contributed by atoms with Crippen LogP contribution in [0.15, 0.2) is 16.5 Å². The summed E-state index contributed by atoms with van der Waals surface area (Å²) in [6.45, 7) is 9.22. The summed E-state index contributed by atoms with van der Waals surface area (Å²) in [5, 5.41) is 0. The highest BCUT2D eigenvalue weighted by Gasteiger charge is 2.24. The van der Waals surface area contributed by atoms with Crippen LogP contribution in [-0.4, -0.2) is 24.5 Å². The molecular weight excluding hydrogens is 200 g/mol. The van der Waals surface area contributed by atoms with Gasteiger partial charge in [0.05, 0.1) is 6.04 Å². The lowest BCUT2D eigenvalue weighted by atomic mass is 10.0. The van der Waals surface area contributed by atoms with Crippen LogP contribution in [0.25, 0.3) is 0 Å². The van der Waals surface area contributed by atoms with Crippen LogP contribution in [0.5, 0.6) is 0 Å². The maximum absolute atomic E-state index is 5.85. The van der Waals surface area contributed by atoms with Gasteiger partial charge in [-0.3, -0.25) is 4.90 Å². The fourth-order valence-electron chi connectivity index (χ4n) is 1.87. The van der Waals surface area contributed by atoms with Gasteiger partial charge in [-0.2, -0.15) is 0 Å². The first-order chi connectivity index (χ1) is 7.47. The van der Waals surface area contributed by atoms with Crippen LogP contribution in [0.3, 0.4) is 0 Å². The molecule has 0 fully saturated rings. The number of nitrogens with two attached hydrogens (primary N) is 1. The largest absolute Gasteiger partial charge is 0.465 e. The summed E-state index contributed by atoms with van der Waals surface area (Å²) in [5.41, 5.74) is 5.85. The van der Waals surface area contributed by atoms with Crippen LogP contribution in [0.4, 0.5) is 0 Å². The molecule has 1 aromatic heterocycles. The van der Waals surface area contributed by atoms with Crippen LogP contribution >= 0.6 is 0 Å². The van der Waals surface area contributed by atoms with E-state index < -0.39 is 0 Å². The topological polar surface area (TPSA) is 42.4 Å². The number of nitrogens with zero attached hydrogens (tertiary/aromatic N) is 1. The van der Waals surface area contributed by atoms with Gasteiger partial charge < -0.3 is 10.2 Å². The number of rotatable bonds is 5. The molecule has 0 saturated heterocycles. The minimum absolute atomic E-state index is 0.172. The second-order valence-electron chi connectivity index (χ2n) is 4.85. The second kappa shape index (κ2) is 5.51.